The Labute approximate surface area is 110 Å². The van der Waals surface area contributed by atoms with Crippen LogP contribution in [0.5, 0.6) is 0 Å². The SMILES string of the molecule is CC(C)NCCCC(=O)Nc1c(F)cc(F)cc1F. The molecular formula is C13H17F3N2O. The maximum atomic E-state index is 13.3. The highest BCUT2D eigenvalue weighted by Gasteiger charge is 2.13. The second-order valence-electron chi connectivity index (χ2n) is 4.50. The number of benzene rings is 1. The molecule has 0 aliphatic carbocycles. The van der Waals surface area contributed by atoms with Crippen molar-refractivity contribution >= 4 is 11.6 Å². The van der Waals surface area contributed by atoms with Crippen LogP contribution >= 0.6 is 0 Å². The zero-order valence-corrected chi connectivity index (χ0v) is 10.9. The zero-order valence-electron chi connectivity index (χ0n) is 10.9. The molecular weight excluding hydrogens is 257 g/mol. The minimum absolute atomic E-state index is 0.135. The number of rotatable bonds is 6. The molecule has 0 radical (unpaired) electrons. The van der Waals surface area contributed by atoms with Crippen molar-refractivity contribution in [1.29, 1.82) is 0 Å². The highest BCUT2D eigenvalue weighted by Crippen LogP contribution is 2.20. The zero-order chi connectivity index (χ0) is 14.4. The van der Waals surface area contributed by atoms with Crippen LogP contribution < -0.4 is 10.6 Å². The van der Waals surface area contributed by atoms with Gasteiger partial charge in [-0.25, -0.2) is 13.2 Å². The van der Waals surface area contributed by atoms with Crippen LogP contribution in [0.1, 0.15) is 26.7 Å². The molecule has 0 unspecified atom stereocenters. The number of hydrogen-bond donors (Lipinski definition) is 2. The summed E-state index contributed by atoms with van der Waals surface area (Å²) in [5, 5.41) is 5.23. The van der Waals surface area contributed by atoms with Crippen molar-refractivity contribution in [2.24, 2.45) is 0 Å². The summed E-state index contributed by atoms with van der Waals surface area (Å²) in [4.78, 5) is 11.5. The van der Waals surface area contributed by atoms with Gasteiger partial charge in [0, 0.05) is 24.6 Å². The van der Waals surface area contributed by atoms with Crippen LogP contribution in [-0.2, 0) is 4.79 Å². The number of hydrogen-bond acceptors (Lipinski definition) is 2. The summed E-state index contributed by atoms with van der Waals surface area (Å²) in [6, 6.07) is 1.37. The van der Waals surface area contributed by atoms with E-state index in [-0.39, 0.29) is 6.42 Å². The fourth-order valence-electron chi connectivity index (χ4n) is 1.50. The Balaban J connectivity index is 2.49. The van der Waals surface area contributed by atoms with E-state index in [0.717, 1.165) is 0 Å². The van der Waals surface area contributed by atoms with E-state index in [1.54, 1.807) is 0 Å². The molecule has 0 fully saturated rings. The largest absolute Gasteiger partial charge is 0.321 e. The van der Waals surface area contributed by atoms with Gasteiger partial charge < -0.3 is 10.6 Å². The van der Waals surface area contributed by atoms with Gasteiger partial charge in [-0.2, -0.15) is 0 Å². The highest BCUT2D eigenvalue weighted by atomic mass is 19.1. The number of halogens is 3. The number of nitrogens with one attached hydrogen (secondary N) is 2. The molecule has 0 spiro atoms. The Morgan fingerprint density at radius 2 is 1.79 bits per heavy atom. The van der Waals surface area contributed by atoms with Gasteiger partial charge in [0.2, 0.25) is 5.91 Å². The lowest BCUT2D eigenvalue weighted by Gasteiger charge is -2.09. The molecule has 19 heavy (non-hydrogen) atoms. The van der Waals surface area contributed by atoms with E-state index in [4.69, 9.17) is 0 Å². The third-order valence-corrected chi connectivity index (χ3v) is 2.40. The van der Waals surface area contributed by atoms with E-state index in [1.807, 2.05) is 13.8 Å². The predicted octanol–water partition coefficient (Wildman–Crippen LogP) is 2.82. The van der Waals surface area contributed by atoms with Crippen LogP contribution in [0.25, 0.3) is 0 Å². The summed E-state index contributed by atoms with van der Waals surface area (Å²) in [6.45, 7) is 4.59. The third-order valence-electron chi connectivity index (χ3n) is 2.40. The molecule has 0 saturated carbocycles. The molecule has 0 aromatic heterocycles. The molecule has 1 rings (SSSR count). The van der Waals surface area contributed by atoms with Crippen molar-refractivity contribution in [3.8, 4) is 0 Å². The minimum Gasteiger partial charge on any atom is -0.321 e. The van der Waals surface area contributed by atoms with Gasteiger partial charge >= 0.3 is 0 Å². The quantitative estimate of drug-likeness (QED) is 0.783. The van der Waals surface area contributed by atoms with E-state index in [9.17, 15) is 18.0 Å². The second kappa shape index (κ2) is 7.13. The molecule has 1 aromatic rings. The van der Waals surface area contributed by atoms with Gasteiger partial charge in [-0.15, -0.1) is 0 Å². The first-order valence-corrected chi connectivity index (χ1v) is 6.08. The summed E-state index contributed by atoms with van der Waals surface area (Å²) in [7, 11) is 0. The van der Waals surface area contributed by atoms with E-state index >= 15 is 0 Å². The van der Waals surface area contributed by atoms with Crippen molar-refractivity contribution in [2.45, 2.75) is 32.7 Å². The van der Waals surface area contributed by atoms with Crippen molar-refractivity contribution in [1.82, 2.24) is 5.32 Å². The van der Waals surface area contributed by atoms with Gasteiger partial charge in [0.1, 0.15) is 11.5 Å². The number of amides is 1. The number of carbonyl (C=O) groups is 1. The maximum absolute atomic E-state index is 13.3. The fourth-order valence-corrected chi connectivity index (χ4v) is 1.50. The lowest BCUT2D eigenvalue weighted by Crippen LogP contribution is -2.25. The van der Waals surface area contributed by atoms with Crippen LogP contribution in [-0.4, -0.2) is 18.5 Å². The second-order valence-corrected chi connectivity index (χ2v) is 4.50. The number of anilines is 1. The Kier molecular flexibility index (Phi) is 5.82. The number of carbonyl (C=O) groups excluding carboxylic acids is 1. The van der Waals surface area contributed by atoms with Gasteiger partial charge in [0.25, 0.3) is 0 Å². The molecule has 0 bridgehead atoms. The van der Waals surface area contributed by atoms with Crippen LogP contribution in [0, 0.1) is 17.5 Å². The molecule has 0 heterocycles. The van der Waals surface area contributed by atoms with E-state index in [1.165, 1.54) is 0 Å². The lowest BCUT2D eigenvalue weighted by atomic mass is 10.2. The Morgan fingerprint density at radius 3 is 2.32 bits per heavy atom. The average Bonchev–Trinajstić information content (AvgIpc) is 2.29. The molecule has 1 aromatic carbocycles. The monoisotopic (exact) mass is 274 g/mol. The van der Waals surface area contributed by atoms with Crippen molar-refractivity contribution in [3.63, 3.8) is 0 Å². The summed E-state index contributed by atoms with van der Waals surface area (Å²) in [5.41, 5.74) is -0.608. The highest BCUT2D eigenvalue weighted by molar-refractivity contribution is 5.90. The predicted molar refractivity (Wildman–Crippen MR) is 67.3 cm³/mol. The molecule has 0 aliphatic heterocycles. The van der Waals surface area contributed by atoms with Crippen LogP contribution in [0.4, 0.5) is 18.9 Å². The van der Waals surface area contributed by atoms with Crippen molar-refractivity contribution < 1.29 is 18.0 Å². The van der Waals surface area contributed by atoms with Crippen molar-refractivity contribution in [3.05, 3.63) is 29.6 Å². The van der Waals surface area contributed by atoms with Gasteiger partial charge in [0.15, 0.2) is 11.6 Å². The first-order valence-electron chi connectivity index (χ1n) is 6.08. The molecule has 6 heteroatoms. The molecule has 106 valence electrons. The van der Waals surface area contributed by atoms with E-state index < -0.39 is 29.0 Å². The molecule has 0 aliphatic rings. The minimum atomic E-state index is -1.12. The third kappa shape index (κ3) is 5.30. The summed E-state index contributed by atoms with van der Waals surface area (Å²) in [5.74, 6) is -3.76. The molecule has 0 saturated heterocycles. The Bertz CT molecular complexity index is 427. The molecule has 2 N–H and O–H groups in total. The van der Waals surface area contributed by atoms with E-state index in [0.29, 0.717) is 31.1 Å². The topological polar surface area (TPSA) is 41.1 Å². The van der Waals surface area contributed by atoms with Gasteiger partial charge in [0.05, 0.1) is 0 Å². The van der Waals surface area contributed by atoms with E-state index in [2.05, 4.69) is 10.6 Å². The van der Waals surface area contributed by atoms with Gasteiger partial charge in [-0.1, -0.05) is 13.8 Å². The van der Waals surface area contributed by atoms with Crippen LogP contribution in [0.3, 0.4) is 0 Å². The van der Waals surface area contributed by atoms with Crippen molar-refractivity contribution in [2.75, 3.05) is 11.9 Å². The summed E-state index contributed by atoms with van der Waals surface area (Å²) < 4.78 is 39.2. The standard InChI is InChI=1S/C13H17F3N2O/c1-8(2)17-5-3-4-12(19)18-13-10(15)6-9(14)7-11(13)16/h6-8,17H,3-5H2,1-2H3,(H,18,19). The maximum Gasteiger partial charge on any atom is 0.224 e. The lowest BCUT2D eigenvalue weighted by molar-refractivity contribution is -0.116. The molecule has 0 atom stereocenters. The van der Waals surface area contributed by atoms with Gasteiger partial charge in [-0.05, 0) is 13.0 Å². The first-order chi connectivity index (χ1) is 8.90. The smallest absolute Gasteiger partial charge is 0.224 e. The molecule has 1 amide bonds. The van der Waals surface area contributed by atoms with Crippen LogP contribution in [0.15, 0.2) is 12.1 Å². The average molecular weight is 274 g/mol. The first kappa shape index (κ1) is 15.5. The normalized spacial score (nSPS) is 10.8. The Morgan fingerprint density at radius 1 is 1.21 bits per heavy atom. The summed E-state index contributed by atoms with van der Waals surface area (Å²) >= 11 is 0. The Hall–Kier alpha value is -1.56. The van der Waals surface area contributed by atoms with Gasteiger partial charge in [-0.3, -0.25) is 4.79 Å². The fraction of sp³-hybridized carbons (Fsp3) is 0.462. The molecule has 3 nitrogen and oxygen atoms in total. The summed E-state index contributed by atoms with van der Waals surface area (Å²) in [6.07, 6.45) is 0.685. The van der Waals surface area contributed by atoms with Crippen LogP contribution in [0.2, 0.25) is 0 Å².